The molecule has 3 heterocycles. The Morgan fingerprint density at radius 3 is 2.89 bits per heavy atom. The minimum Gasteiger partial charge on any atom is -0.461 e. The van der Waals surface area contributed by atoms with Crippen LogP contribution in [0.25, 0.3) is 0 Å². The maximum absolute atomic E-state index is 6.05. The average molecular weight is 369 g/mol. The second-order valence-electron chi connectivity index (χ2n) is 7.19. The fraction of sp³-hybridized carbons (Fsp3) is 0.500. The van der Waals surface area contributed by atoms with E-state index in [-0.39, 0.29) is 0 Å². The number of rotatable bonds is 4. The molecule has 1 aromatic rings. The molecule has 0 amide bonds. The summed E-state index contributed by atoms with van der Waals surface area (Å²) in [6.07, 6.45) is 13.9. The molecule has 1 saturated heterocycles. The number of hydrogen-bond donors (Lipinski definition) is 2. The van der Waals surface area contributed by atoms with E-state index in [0.717, 1.165) is 18.5 Å². The predicted molar refractivity (Wildman–Crippen MR) is 111 cm³/mol. The number of likely N-dealkylation sites (tertiary alicyclic amines) is 1. The van der Waals surface area contributed by atoms with Gasteiger partial charge in [-0.15, -0.1) is 0 Å². The van der Waals surface area contributed by atoms with E-state index in [2.05, 4.69) is 40.6 Å². The van der Waals surface area contributed by atoms with Crippen LogP contribution in [0.15, 0.2) is 63.1 Å². The standard InChI is InChI=1S/C20H26N4O.C2H6/c1-24-10-2-4-16(24)12-14-13-22-18-9-7-15(6-8-17(14)18)23-20(21)19-5-3-11-25-19;1-2/h3,5,7,9,11,13,16-17,22H,2,4,6,8,10,12H2,1H3,(H2,21,23);1-2H3. The molecule has 2 aliphatic heterocycles. The van der Waals surface area contributed by atoms with Gasteiger partial charge in [0.05, 0.1) is 6.26 Å². The molecule has 0 spiro atoms. The van der Waals surface area contributed by atoms with Crippen molar-refractivity contribution in [1.82, 2.24) is 10.2 Å². The highest BCUT2D eigenvalue weighted by Gasteiger charge is 2.30. The minimum absolute atomic E-state index is 0.443. The molecular weight excluding hydrogens is 336 g/mol. The number of nitrogens with two attached hydrogens (primary N) is 1. The van der Waals surface area contributed by atoms with Gasteiger partial charge in [0.15, 0.2) is 11.6 Å². The summed E-state index contributed by atoms with van der Waals surface area (Å²) in [7, 11) is 2.25. The van der Waals surface area contributed by atoms with Gasteiger partial charge in [0.25, 0.3) is 0 Å². The summed E-state index contributed by atoms with van der Waals surface area (Å²) in [6, 6.07) is 4.35. The summed E-state index contributed by atoms with van der Waals surface area (Å²) >= 11 is 0. The Morgan fingerprint density at radius 2 is 2.19 bits per heavy atom. The lowest BCUT2D eigenvalue weighted by Gasteiger charge is -2.22. The summed E-state index contributed by atoms with van der Waals surface area (Å²) in [6.45, 7) is 5.23. The first-order valence-corrected chi connectivity index (χ1v) is 10.1. The Hall–Kier alpha value is -2.27. The van der Waals surface area contributed by atoms with Crippen molar-refractivity contribution in [2.45, 2.75) is 52.0 Å². The third kappa shape index (κ3) is 4.53. The third-order valence-corrected chi connectivity index (χ3v) is 5.57. The summed E-state index contributed by atoms with van der Waals surface area (Å²) in [5.74, 6) is 1.56. The van der Waals surface area contributed by atoms with Crippen molar-refractivity contribution in [2.24, 2.45) is 16.6 Å². The van der Waals surface area contributed by atoms with Gasteiger partial charge < -0.3 is 20.4 Å². The van der Waals surface area contributed by atoms with Gasteiger partial charge in [-0.1, -0.05) is 13.8 Å². The summed E-state index contributed by atoms with van der Waals surface area (Å²) in [5, 5.41) is 3.48. The average Bonchev–Trinajstić information content (AvgIpc) is 3.40. The smallest absolute Gasteiger partial charge is 0.168 e. The molecule has 1 aliphatic carbocycles. The zero-order valence-electron chi connectivity index (χ0n) is 16.7. The monoisotopic (exact) mass is 368 g/mol. The molecule has 1 aromatic heterocycles. The van der Waals surface area contributed by atoms with Gasteiger partial charge in [-0.25, -0.2) is 4.99 Å². The van der Waals surface area contributed by atoms with Crippen LogP contribution in [0.5, 0.6) is 0 Å². The van der Waals surface area contributed by atoms with Gasteiger partial charge >= 0.3 is 0 Å². The van der Waals surface area contributed by atoms with Crippen LogP contribution in [-0.2, 0) is 0 Å². The lowest BCUT2D eigenvalue weighted by Crippen LogP contribution is -2.26. The van der Waals surface area contributed by atoms with E-state index in [1.165, 1.54) is 37.1 Å². The van der Waals surface area contributed by atoms with Crippen molar-refractivity contribution in [3.05, 3.63) is 59.5 Å². The highest BCUT2D eigenvalue weighted by atomic mass is 16.3. The van der Waals surface area contributed by atoms with Crippen molar-refractivity contribution in [3.63, 3.8) is 0 Å². The number of nitrogens with one attached hydrogen (secondary N) is 1. The summed E-state index contributed by atoms with van der Waals surface area (Å²) in [4.78, 5) is 7.07. The second-order valence-corrected chi connectivity index (χ2v) is 7.19. The Morgan fingerprint density at radius 1 is 1.33 bits per heavy atom. The zero-order valence-corrected chi connectivity index (χ0v) is 16.7. The van der Waals surface area contributed by atoms with Crippen LogP contribution in [0.1, 0.15) is 51.7 Å². The molecule has 27 heavy (non-hydrogen) atoms. The van der Waals surface area contributed by atoms with Gasteiger partial charge in [-0.2, -0.15) is 0 Å². The summed E-state index contributed by atoms with van der Waals surface area (Å²) in [5.41, 5.74) is 9.88. The van der Waals surface area contributed by atoms with Crippen molar-refractivity contribution >= 4 is 5.84 Å². The number of amidine groups is 1. The SMILES string of the molecule is CC.CN1CCCC1CC1=CNC2=CC=C(N=C(N)c3ccco3)CCC12. The number of hydrogen-bond acceptors (Lipinski definition) is 4. The van der Waals surface area contributed by atoms with Gasteiger partial charge in [0, 0.05) is 29.6 Å². The van der Waals surface area contributed by atoms with Crippen LogP contribution >= 0.6 is 0 Å². The van der Waals surface area contributed by atoms with E-state index in [4.69, 9.17) is 10.2 Å². The molecule has 3 N–H and O–H groups in total. The topological polar surface area (TPSA) is 66.8 Å². The van der Waals surface area contributed by atoms with Gasteiger partial charge in [0.2, 0.25) is 0 Å². The fourth-order valence-electron chi connectivity index (χ4n) is 4.08. The molecule has 3 aliphatic rings. The van der Waals surface area contributed by atoms with Gasteiger partial charge in [0.1, 0.15) is 0 Å². The normalized spacial score (nSPS) is 25.4. The van der Waals surface area contributed by atoms with Crippen LogP contribution in [0.3, 0.4) is 0 Å². The number of aliphatic imine (C=N–C) groups is 1. The molecule has 0 aromatic carbocycles. The molecule has 0 radical (unpaired) electrons. The maximum Gasteiger partial charge on any atom is 0.168 e. The third-order valence-electron chi connectivity index (χ3n) is 5.57. The van der Waals surface area contributed by atoms with E-state index in [1.54, 1.807) is 6.26 Å². The number of nitrogens with zero attached hydrogens (tertiary/aromatic N) is 2. The Kier molecular flexibility index (Phi) is 6.56. The van der Waals surface area contributed by atoms with E-state index in [0.29, 0.717) is 23.6 Å². The molecule has 4 rings (SSSR count). The number of allylic oxidation sites excluding steroid dienone is 4. The van der Waals surface area contributed by atoms with Crippen molar-refractivity contribution < 1.29 is 4.42 Å². The number of fused-ring (bicyclic) bond motifs is 1. The Balaban J connectivity index is 0.00000102. The highest BCUT2D eigenvalue weighted by Crippen LogP contribution is 2.36. The fourth-order valence-corrected chi connectivity index (χ4v) is 4.08. The van der Waals surface area contributed by atoms with Gasteiger partial charge in [-0.3, -0.25) is 0 Å². The quantitative estimate of drug-likeness (QED) is 0.618. The molecule has 0 saturated carbocycles. The number of furan rings is 1. The Labute approximate surface area is 162 Å². The van der Waals surface area contributed by atoms with Crippen LogP contribution in [0.4, 0.5) is 0 Å². The van der Waals surface area contributed by atoms with E-state index in [1.807, 2.05) is 26.0 Å². The first-order valence-electron chi connectivity index (χ1n) is 10.1. The molecule has 1 fully saturated rings. The van der Waals surface area contributed by atoms with E-state index < -0.39 is 0 Å². The first kappa shape index (κ1) is 19.5. The van der Waals surface area contributed by atoms with Crippen molar-refractivity contribution in [2.75, 3.05) is 13.6 Å². The van der Waals surface area contributed by atoms with E-state index in [9.17, 15) is 0 Å². The highest BCUT2D eigenvalue weighted by molar-refractivity contribution is 5.95. The summed E-state index contributed by atoms with van der Waals surface area (Å²) < 4.78 is 5.32. The molecule has 5 heteroatoms. The van der Waals surface area contributed by atoms with E-state index >= 15 is 0 Å². The lowest BCUT2D eigenvalue weighted by atomic mass is 9.89. The first-order chi connectivity index (χ1) is 13.2. The molecule has 5 nitrogen and oxygen atoms in total. The second kappa shape index (κ2) is 9.09. The van der Waals surface area contributed by atoms with Crippen LogP contribution in [-0.4, -0.2) is 30.4 Å². The van der Waals surface area contributed by atoms with Crippen LogP contribution in [0.2, 0.25) is 0 Å². The van der Waals surface area contributed by atoms with Crippen LogP contribution in [0, 0.1) is 5.92 Å². The largest absolute Gasteiger partial charge is 0.461 e. The maximum atomic E-state index is 6.05. The minimum atomic E-state index is 0.443. The van der Waals surface area contributed by atoms with Gasteiger partial charge in [-0.05, 0) is 75.6 Å². The van der Waals surface area contributed by atoms with Crippen LogP contribution < -0.4 is 11.1 Å². The molecule has 2 atom stereocenters. The molecule has 146 valence electrons. The molecule has 2 unspecified atom stereocenters. The predicted octanol–water partition coefficient (Wildman–Crippen LogP) is 4.16. The molecular formula is C22H32N4O. The Bertz CT molecular complexity index is 742. The molecule has 0 bridgehead atoms. The van der Waals surface area contributed by atoms with Crippen molar-refractivity contribution in [3.8, 4) is 0 Å². The lowest BCUT2D eigenvalue weighted by molar-refractivity contribution is 0.304. The zero-order chi connectivity index (χ0) is 19.2. The van der Waals surface area contributed by atoms with Crippen molar-refractivity contribution in [1.29, 1.82) is 0 Å².